The topological polar surface area (TPSA) is 126 Å². The highest BCUT2D eigenvalue weighted by atomic mass is 16.6. The number of ether oxygens (including phenoxy) is 1. The van der Waals surface area contributed by atoms with E-state index in [9.17, 15) is 19.2 Å². The minimum atomic E-state index is -0.959. The zero-order valence-corrected chi connectivity index (χ0v) is 22.8. The number of alkyl carbamates (subject to hydrolysis) is 1. The standard InChI is InChI=1S/C27H44N4O5/c1-8-13-20(23(32)28-9-2)29-24(33)21(16-18(3)4)30-25(34)22(17-19-14-11-10-12-15-19)31-26(35)36-27(5,6)7/h10-12,14-15,18,20-22H,8-9,13,16-17H2,1-7H3,(H,28,32)(H,29,33)(H,30,34)(H,31,35)/t20-,21-,22+/m0/s1. The molecule has 202 valence electrons. The molecule has 9 nitrogen and oxygen atoms in total. The molecule has 0 saturated carbocycles. The van der Waals surface area contributed by atoms with Crippen molar-refractivity contribution >= 4 is 23.8 Å². The molecule has 0 radical (unpaired) electrons. The van der Waals surface area contributed by atoms with Crippen LogP contribution in [-0.2, 0) is 25.5 Å². The Balaban J connectivity index is 3.08. The second kappa shape index (κ2) is 15.1. The molecule has 0 aliphatic heterocycles. The summed E-state index contributed by atoms with van der Waals surface area (Å²) in [6.45, 7) is 13.3. The molecule has 0 aromatic heterocycles. The first-order chi connectivity index (χ1) is 16.9. The van der Waals surface area contributed by atoms with E-state index in [0.717, 1.165) is 5.56 Å². The van der Waals surface area contributed by atoms with Crippen molar-refractivity contribution in [3.8, 4) is 0 Å². The highest BCUT2D eigenvalue weighted by Crippen LogP contribution is 2.11. The van der Waals surface area contributed by atoms with Crippen molar-refractivity contribution in [1.82, 2.24) is 21.3 Å². The van der Waals surface area contributed by atoms with E-state index in [1.807, 2.05) is 58.0 Å². The van der Waals surface area contributed by atoms with Crippen molar-refractivity contribution in [2.75, 3.05) is 6.54 Å². The molecule has 4 amide bonds. The van der Waals surface area contributed by atoms with E-state index in [2.05, 4.69) is 21.3 Å². The summed E-state index contributed by atoms with van der Waals surface area (Å²) in [5, 5.41) is 11.0. The maximum atomic E-state index is 13.4. The van der Waals surface area contributed by atoms with Gasteiger partial charge in [0, 0.05) is 13.0 Å². The van der Waals surface area contributed by atoms with Gasteiger partial charge in [-0.15, -0.1) is 0 Å². The Morgan fingerprint density at radius 1 is 0.833 bits per heavy atom. The highest BCUT2D eigenvalue weighted by Gasteiger charge is 2.31. The van der Waals surface area contributed by atoms with Crippen LogP contribution in [0, 0.1) is 5.92 Å². The van der Waals surface area contributed by atoms with E-state index >= 15 is 0 Å². The lowest BCUT2D eigenvalue weighted by molar-refractivity contribution is -0.133. The van der Waals surface area contributed by atoms with E-state index in [-0.39, 0.29) is 18.2 Å². The molecular weight excluding hydrogens is 460 g/mol. The fourth-order valence-electron chi connectivity index (χ4n) is 3.61. The number of carbonyl (C=O) groups is 4. The first-order valence-corrected chi connectivity index (χ1v) is 12.8. The molecule has 0 unspecified atom stereocenters. The number of benzene rings is 1. The first kappa shape index (κ1) is 30.9. The molecule has 1 aromatic rings. The van der Waals surface area contributed by atoms with Crippen LogP contribution >= 0.6 is 0 Å². The van der Waals surface area contributed by atoms with Crippen LogP contribution in [0.1, 0.15) is 73.3 Å². The normalized spacial score (nSPS) is 13.8. The van der Waals surface area contributed by atoms with E-state index in [1.165, 1.54) is 0 Å². The monoisotopic (exact) mass is 504 g/mol. The maximum Gasteiger partial charge on any atom is 0.408 e. The van der Waals surface area contributed by atoms with Crippen molar-refractivity contribution in [3.63, 3.8) is 0 Å². The van der Waals surface area contributed by atoms with Crippen molar-refractivity contribution in [1.29, 1.82) is 0 Å². The molecule has 0 fully saturated rings. The van der Waals surface area contributed by atoms with Crippen molar-refractivity contribution in [2.45, 2.75) is 97.9 Å². The Hall–Kier alpha value is -3.10. The Kier molecular flexibility index (Phi) is 13.0. The molecule has 9 heteroatoms. The molecule has 0 aliphatic carbocycles. The second-order valence-electron chi connectivity index (χ2n) is 10.3. The predicted octanol–water partition coefficient (Wildman–Crippen LogP) is 3.07. The van der Waals surface area contributed by atoms with Gasteiger partial charge in [-0.25, -0.2) is 4.79 Å². The van der Waals surface area contributed by atoms with Crippen molar-refractivity contribution in [3.05, 3.63) is 35.9 Å². The van der Waals surface area contributed by atoms with Crippen molar-refractivity contribution in [2.24, 2.45) is 5.92 Å². The third-order valence-electron chi connectivity index (χ3n) is 5.19. The van der Waals surface area contributed by atoms with Crippen LogP contribution in [0.15, 0.2) is 30.3 Å². The molecule has 0 heterocycles. The van der Waals surface area contributed by atoms with Gasteiger partial charge in [-0.05, 0) is 52.0 Å². The zero-order chi connectivity index (χ0) is 27.3. The first-order valence-electron chi connectivity index (χ1n) is 12.8. The number of amides is 4. The minimum Gasteiger partial charge on any atom is -0.444 e. The Morgan fingerprint density at radius 3 is 1.94 bits per heavy atom. The molecule has 4 N–H and O–H groups in total. The molecule has 0 aliphatic rings. The largest absolute Gasteiger partial charge is 0.444 e. The fraction of sp³-hybridized carbons (Fsp3) is 0.630. The third-order valence-corrected chi connectivity index (χ3v) is 5.19. The van der Waals surface area contributed by atoms with Gasteiger partial charge < -0.3 is 26.0 Å². The SMILES string of the molecule is CCC[C@H](NC(=O)[C@H](CC(C)C)NC(=O)[C@@H](Cc1ccccc1)NC(=O)OC(C)(C)C)C(=O)NCC. The van der Waals surface area contributed by atoms with Gasteiger partial charge in [0.05, 0.1) is 0 Å². The number of rotatable bonds is 13. The lowest BCUT2D eigenvalue weighted by Gasteiger charge is -2.27. The minimum absolute atomic E-state index is 0.0986. The number of hydrogen-bond donors (Lipinski definition) is 4. The van der Waals surface area contributed by atoms with Crippen LogP contribution in [0.2, 0.25) is 0 Å². The lowest BCUT2D eigenvalue weighted by atomic mass is 10.0. The predicted molar refractivity (Wildman–Crippen MR) is 140 cm³/mol. The number of carbonyl (C=O) groups excluding carboxylic acids is 4. The van der Waals surface area contributed by atoms with Crippen LogP contribution in [0.3, 0.4) is 0 Å². The van der Waals surface area contributed by atoms with E-state index in [1.54, 1.807) is 20.8 Å². The highest BCUT2D eigenvalue weighted by molar-refractivity contribution is 5.94. The van der Waals surface area contributed by atoms with Gasteiger partial charge in [0.1, 0.15) is 23.7 Å². The summed E-state index contributed by atoms with van der Waals surface area (Å²) in [7, 11) is 0. The van der Waals surface area contributed by atoms with Crippen LogP contribution in [-0.4, -0.2) is 54.1 Å². The van der Waals surface area contributed by atoms with E-state index in [4.69, 9.17) is 4.74 Å². The molecular formula is C27H44N4O5. The van der Waals surface area contributed by atoms with Gasteiger partial charge in [-0.1, -0.05) is 57.5 Å². The Labute approximate surface area is 215 Å². The maximum absolute atomic E-state index is 13.4. The molecule has 1 rings (SSSR count). The molecule has 1 aromatic carbocycles. The van der Waals surface area contributed by atoms with Crippen molar-refractivity contribution < 1.29 is 23.9 Å². The summed E-state index contributed by atoms with van der Waals surface area (Å²) < 4.78 is 5.35. The van der Waals surface area contributed by atoms with Crippen LogP contribution < -0.4 is 21.3 Å². The molecule has 0 bridgehead atoms. The van der Waals surface area contributed by atoms with Gasteiger partial charge >= 0.3 is 6.09 Å². The van der Waals surface area contributed by atoms with Gasteiger partial charge in [-0.3, -0.25) is 14.4 Å². The summed E-state index contributed by atoms with van der Waals surface area (Å²) in [6.07, 6.45) is 1.07. The number of nitrogens with one attached hydrogen (secondary N) is 4. The molecule has 36 heavy (non-hydrogen) atoms. The summed E-state index contributed by atoms with van der Waals surface area (Å²) in [6, 6.07) is 6.76. The molecule has 3 atom stereocenters. The van der Waals surface area contributed by atoms with Crippen LogP contribution in [0.4, 0.5) is 4.79 Å². The average Bonchev–Trinajstić information content (AvgIpc) is 2.77. The summed E-state index contributed by atoms with van der Waals surface area (Å²) >= 11 is 0. The van der Waals surface area contributed by atoms with E-state index in [0.29, 0.717) is 25.8 Å². The summed E-state index contributed by atoms with van der Waals surface area (Å²) in [5.41, 5.74) is 0.114. The van der Waals surface area contributed by atoms with Gasteiger partial charge in [0.15, 0.2) is 0 Å². The summed E-state index contributed by atoms with van der Waals surface area (Å²) in [4.78, 5) is 51.4. The van der Waals surface area contributed by atoms with E-state index < -0.39 is 41.6 Å². The Morgan fingerprint density at radius 2 is 1.42 bits per heavy atom. The molecule has 0 spiro atoms. The Bertz CT molecular complexity index is 851. The van der Waals surface area contributed by atoms with Crippen LogP contribution in [0.5, 0.6) is 0 Å². The third kappa shape index (κ3) is 12.0. The zero-order valence-electron chi connectivity index (χ0n) is 22.8. The number of hydrogen-bond acceptors (Lipinski definition) is 5. The van der Waals surface area contributed by atoms with Gasteiger partial charge in [0.25, 0.3) is 0 Å². The second-order valence-corrected chi connectivity index (χ2v) is 10.3. The van der Waals surface area contributed by atoms with Gasteiger partial charge in [0.2, 0.25) is 17.7 Å². The van der Waals surface area contributed by atoms with Gasteiger partial charge in [-0.2, -0.15) is 0 Å². The fourth-order valence-corrected chi connectivity index (χ4v) is 3.61. The molecule has 0 saturated heterocycles. The lowest BCUT2D eigenvalue weighted by Crippen LogP contribution is -2.57. The average molecular weight is 505 g/mol. The van der Waals surface area contributed by atoms with Crippen LogP contribution in [0.25, 0.3) is 0 Å². The smallest absolute Gasteiger partial charge is 0.408 e. The quantitative estimate of drug-likeness (QED) is 0.329. The number of likely N-dealkylation sites (N-methyl/N-ethyl adjacent to an activating group) is 1. The summed E-state index contributed by atoms with van der Waals surface area (Å²) in [5.74, 6) is -1.09.